The largest absolute Gasteiger partial charge is 0.512 e. The van der Waals surface area contributed by atoms with Crippen LogP contribution in [-0.2, 0) is 11.2 Å². The van der Waals surface area contributed by atoms with Gasteiger partial charge in [0.2, 0.25) is 5.88 Å². The van der Waals surface area contributed by atoms with E-state index >= 15 is 0 Å². The fourth-order valence-corrected chi connectivity index (χ4v) is 2.22. The first-order chi connectivity index (χ1) is 8.97. The summed E-state index contributed by atoms with van der Waals surface area (Å²) >= 11 is 3.31. The van der Waals surface area contributed by atoms with E-state index in [4.69, 9.17) is 10.2 Å². The monoisotopic (exact) mass is 327 g/mol. The van der Waals surface area contributed by atoms with Crippen molar-refractivity contribution in [1.29, 1.82) is 0 Å². The summed E-state index contributed by atoms with van der Waals surface area (Å²) in [7, 11) is 0. The molecule has 7 heteroatoms. The number of carbonyl (C=O) groups is 2. The smallest absolute Gasteiger partial charge is 0.481 e. The van der Waals surface area contributed by atoms with Crippen LogP contribution in [0, 0.1) is 0 Å². The van der Waals surface area contributed by atoms with Gasteiger partial charge in [-0.05, 0) is 18.6 Å². The molecule has 0 aliphatic heterocycles. The second kappa shape index (κ2) is 5.31. The fourth-order valence-electron chi connectivity index (χ4n) is 1.86. The van der Waals surface area contributed by atoms with Gasteiger partial charge in [-0.3, -0.25) is 4.79 Å². The van der Waals surface area contributed by atoms with Gasteiger partial charge in [-0.1, -0.05) is 22.0 Å². The minimum atomic E-state index is -1.44. The summed E-state index contributed by atoms with van der Waals surface area (Å²) in [4.78, 5) is 24.1. The van der Waals surface area contributed by atoms with Crippen LogP contribution in [0.3, 0.4) is 0 Å². The Kier molecular flexibility index (Phi) is 3.75. The third-order valence-electron chi connectivity index (χ3n) is 2.61. The van der Waals surface area contributed by atoms with Gasteiger partial charge in [0.05, 0.1) is 0 Å². The number of carboxylic acids is 1. The highest BCUT2D eigenvalue weighted by molar-refractivity contribution is 9.10. The number of nitrogens with one attached hydrogen (secondary N) is 1. The Bertz CT molecular complexity index is 649. The molecule has 0 spiro atoms. The van der Waals surface area contributed by atoms with Gasteiger partial charge in [0.1, 0.15) is 0 Å². The van der Waals surface area contributed by atoms with Crippen molar-refractivity contribution in [1.82, 2.24) is 4.98 Å². The van der Waals surface area contributed by atoms with Crippen molar-refractivity contribution in [3.05, 3.63) is 28.2 Å². The van der Waals surface area contributed by atoms with Crippen molar-refractivity contribution in [2.24, 2.45) is 0 Å². The Morgan fingerprint density at radius 1 is 1.32 bits per heavy atom. The molecule has 0 amide bonds. The van der Waals surface area contributed by atoms with Crippen molar-refractivity contribution in [2.75, 3.05) is 0 Å². The number of aromatic amines is 1. The molecule has 1 heterocycles. The summed E-state index contributed by atoms with van der Waals surface area (Å²) in [6.45, 7) is 0. The normalized spacial score (nSPS) is 10.6. The standard InChI is InChI=1S/C12H10BrNO5/c13-6-1-2-7-8(3-4-10(15)16)11(19-12(17)18)14-9(7)5-6/h1-2,5,14H,3-4H2,(H,15,16)(H,17,18). The lowest BCUT2D eigenvalue weighted by molar-refractivity contribution is -0.136. The van der Waals surface area contributed by atoms with Gasteiger partial charge >= 0.3 is 12.1 Å². The molecule has 0 aliphatic rings. The van der Waals surface area contributed by atoms with Crippen LogP contribution < -0.4 is 4.74 Å². The van der Waals surface area contributed by atoms with E-state index in [0.717, 1.165) is 9.86 Å². The number of halogens is 1. The number of aliphatic carboxylic acids is 1. The molecule has 1 aromatic carbocycles. The van der Waals surface area contributed by atoms with E-state index in [2.05, 4.69) is 25.7 Å². The van der Waals surface area contributed by atoms with Crippen LogP contribution in [0.5, 0.6) is 5.88 Å². The molecule has 100 valence electrons. The Balaban J connectivity index is 2.47. The van der Waals surface area contributed by atoms with E-state index in [1.807, 2.05) is 0 Å². The van der Waals surface area contributed by atoms with Crippen molar-refractivity contribution in [3.8, 4) is 5.88 Å². The summed E-state index contributed by atoms with van der Waals surface area (Å²) in [6.07, 6.45) is -1.35. The highest BCUT2D eigenvalue weighted by Crippen LogP contribution is 2.31. The van der Waals surface area contributed by atoms with E-state index in [1.165, 1.54) is 0 Å². The van der Waals surface area contributed by atoms with E-state index < -0.39 is 12.1 Å². The molecular formula is C12H10BrNO5. The molecule has 0 unspecified atom stereocenters. The average Bonchev–Trinajstić information content (AvgIpc) is 2.61. The van der Waals surface area contributed by atoms with Gasteiger partial charge < -0.3 is 19.9 Å². The molecule has 0 saturated heterocycles. The van der Waals surface area contributed by atoms with Crippen LogP contribution in [0.15, 0.2) is 22.7 Å². The van der Waals surface area contributed by atoms with E-state index in [0.29, 0.717) is 11.1 Å². The molecule has 2 rings (SSSR count). The zero-order chi connectivity index (χ0) is 14.0. The Morgan fingerprint density at radius 2 is 2.05 bits per heavy atom. The predicted octanol–water partition coefficient (Wildman–Crippen LogP) is 3.00. The Morgan fingerprint density at radius 3 is 2.68 bits per heavy atom. The number of benzene rings is 1. The maximum atomic E-state index is 10.6. The third kappa shape index (κ3) is 3.05. The minimum absolute atomic E-state index is 0.0712. The van der Waals surface area contributed by atoms with Crippen LogP contribution in [-0.4, -0.2) is 27.3 Å². The zero-order valence-corrected chi connectivity index (χ0v) is 11.2. The summed E-state index contributed by atoms with van der Waals surface area (Å²) in [5.41, 5.74) is 1.23. The molecule has 19 heavy (non-hydrogen) atoms. The molecule has 0 fully saturated rings. The SMILES string of the molecule is O=C(O)CCc1c(OC(=O)O)[nH]c2cc(Br)ccc12. The van der Waals surface area contributed by atoms with Gasteiger partial charge in [0.25, 0.3) is 0 Å². The number of aryl methyl sites for hydroxylation is 1. The number of ether oxygens (including phenoxy) is 1. The minimum Gasteiger partial charge on any atom is -0.481 e. The molecule has 0 bridgehead atoms. The molecule has 1 aromatic heterocycles. The lowest BCUT2D eigenvalue weighted by atomic mass is 10.1. The van der Waals surface area contributed by atoms with Crippen molar-refractivity contribution in [3.63, 3.8) is 0 Å². The van der Waals surface area contributed by atoms with Crippen molar-refractivity contribution >= 4 is 39.0 Å². The molecule has 2 aromatic rings. The summed E-state index contributed by atoms with van der Waals surface area (Å²) in [6, 6.07) is 5.35. The number of hydrogen-bond donors (Lipinski definition) is 3. The Labute approximate surface area is 116 Å². The van der Waals surface area contributed by atoms with Gasteiger partial charge in [-0.25, -0.2) is 4.79 Å². The van der Waals surface area contributed by atoms with E-state index in [-0.39, 0.29) is 18.7 Å². The number of aromatic nitrogens is 1. The predicted molar refractivity (Wildman–Crippen MR) is 70.6 cm³/mol. The molecule has 0 aliphatic carbocycles. The van der Waals surface area contributed by atoms with Crippen LogP contribution in [0.4, 0.5) is 4.79 Å². The maximum Gasteiger partial charge on any atom is 0.512 e. The molecule has 0 atom stereocenters. The van der Waals surface area contributed by atoms with Crippen molar-refractivity contribution < 1.29 is 24.5 Å². The number of fused-ring (bicyclic) bond motifs is 1. The fraction of sp³-hybridized carbons (Fsp3) is 0.167. The molecule has 6 nitrogen and oxygen atoms in total. The first-order valence-electron chi connectivity index (χ1n) is 5.40. The Hall–Kier alpha value is -2.02. The van der Waals surface area contributed by atoms with Gasteiger partial charge in [0, 0.05) is 27.4 Å². The van der Waals surface area contributed by atoms with Crippen molar-refractivity contribution in [2.45, 2.75) is 12.8 Å². The lowest BCUT2D eigenvalue weighted by Gasteiger charge is -2.01. The first kappa shape index (κ1) is 13.4. The van der Waals surface area contributed by atoms with E-state index in [1.54, 1.807) is 18.2 Å². The van der Waals surface area contributed by atoms with Crippen LogP contribution >= 0.6 is 15.9 Å². The summed E-state index contributed by atoms with van der Waals surface area (Å²) < 4.78 is 5.48. The van der Waals surface area contributed by atoms with Crippen LogP contribution in [0.1, 0.15) is 12.0 Å². The number of rotatable bonds is 4. The lowest BCUT2D eigenvalue weighted by Crippen LogP contribution is -2.06. The van der Waals surface area contributed by atoms with E-state index in [9.17, 15) is 9.59 Å². The van der Waals surface area contributed by atoms with Gasteiger partial charge in [-0.15, -0.1) is 0 Å². The first-order valence-corrected chi connectivity index (χ1v) is 6.19. The zero-order valence-electron chi connectivity index (χ0n) is 9.64. The third-order valence-corrected chi connectivity index (χ3v) is 3.10. The number of carboxylic acid groups (broad SMARTS) is 2. The van der Waals surface area contributed by atoms with Gasteiger partial charge in [0.15, 0.2) is 0 Å². The molecule has 0 saturated carbocycles. The second-order valence-corrected chi connectivity index (χ2v) is 4.80. The number of H-pyrrole nitrogens is 1. The van der Waals surface area contributed by atoms with Crippen LogP contribution in [0.2, 0.25) is 0 Å². The quantitative estimate of drug-likeness (QED) is 0.749. The number of hydrogen-bond acceptors (Lipinski definition) is 3. The summed E-state index contributed by atoms with van der Waals surface area (Å²) in [5.74, 6) is -0.880. The molecule has 0 radical (unpaired) electrons. The highest BCUT2D eigenvalue weighted by Gasteiger charge is 2.16. The topological polar surface area (TPSA) is 99.6 Å². The molecular weight excluding hydrogens is 318 g/mol. The second-order valence-electron chi connectivity index (χ2n) is 3.88. The van der Waals surface area contributed by atoms with Gasteiger partial charge in [-0.2, -0.15) is 0 Å². The average molecular weight is 328 g/mol. The maximum absolute atomic E-state index is 10.6. The van der Waals surface area contributed by atoms with Crippen LogP contribution in [0.25, 0.3) is 10.9 Å². The highest BCUT2D eigenvalue weighted by atomic mass is 79.9. The molecule has 3 N–H and O–H groups in total. The summed E-state index contributed by atoms with van der Waals surface area (Å²) in [5, 5.41) is 18.2.